The van der Waals surface area contributed by atoms with E-state index in [9.17, 15) is 26.4 Å². The van der Waals surface area contributed by atoms with Crippen molar-refractivity contribution < 1.29 is 26.4 Å². The molecule has 1 rings (SSSR count). The van der Waals surface area contributed by atoms with Gasteiger partial charge in [0, 0.05) is 17.3 Å². The summed E-state index contributed by atoms with van der Waals surface area (Å²) in [6, 6.07) is 3.53. The summed E-state index contributed by atoms with van der Waals surface area (Å²) >= 11 is 2.94. The van der Waals surface area contributed by atoms with E-state index in [0.29, 0.717) is 0 Å². The van der Waals surface area contributed by atoms with Crippen LogP contribution in [0.5, 0.6) is 0 Å². The minimum absolute atomic E-state index is 0.137. The lowest BCUT2D eigenvalue weighted by atomic mass is 10.1. The number of hydrogen-bond acceptors (Lipinski definition) is 3. The van der Waals surface area contributed by atoms with E-state index >= 15 is 0 Å². The topological polar surface area (TPSA) is 63.2 Å². The van der Waals surface area contributed by atoms with Crippen LogP contribution in [0.4, 0.5) is 13.2 Å². The Morgan fingerprint density at radius 3 is 2.45 bits per heavy atom. The maximum atomic E-state index is 12.8. The van der Waals surface area contributed by atoms with E-state index in [1.54, 1.807) is 0 Å². The summed E-state index contributed by atoms with van der Waals surface area (Å²) in [5.74, 6) is -1.60. The van der Waals surface area contributed by atoms with Crippen LogP contribution >= 0.6 is 15.9 Å². The van der Waals surface area contributed by atoms with Gasteiger partial charge in [0.25, 0.3) is 0 Å². The summed E-state index contributed by atoms with van der Waals surface area (Å²) in [4.78, 5) is 11.3. The standard InChI is InChI=1S/C11H11BrF3NO3S/c1-20(18,19)6-10(17)16-5-7-2-3-8(12)4-9(7)11(13,14)15/h2-4H,5-6H2,1H3,(H,16,17). The van der Waals surface area contributed by atoms with Gasteiger partial charge in [-0.3, -0.25) is 4.79 Å². The van der Waals surface area contributed by atoms with Crippen molar-refractivity contribution in [3.8, 4) is 0 Å². The molecule has 4 nitrogen and oxygen atoms in total. The summed E-state index contributed by atoms with van der Waals surface area (Å²) in [5, 5.41) is 2.15. The van der Waals surface area contributed by atoms with Gasteiger partial charge in [-0.15, -0.1) is 0 Å². The van der Waals surface area contributed by atoms with Crippen LogP contribution in [0.2, 0.25) is 0 Å². The number of halogens is 4. The van der Waals surface area contributed by atoms with Crippen LogP contribution in [0, 0.1) is 0 Å². The lowest BCUT2D eigenvalue weighted by Gasteiger charge is -2.13. The number of amides is 1. The number of rotatable bonds is 4. The first-order valence-electron chi connectivity index (χ1n) is 5.29. The van der Waals surface area contributed by atoms with E-state index in [2.05, 4.69) is 21.2 Å². The van der Waals surface area contributed by atoms with Gasteiger partial charge in [0.1, 0.15) is 5.75 Å². The highest BCUT2D eigenvalue weighted by Gasteiger charge is 2.33. The Balaban J connectivity index is 2.86. The van der Waals surface area contributed by atoms with Gasteiger partial charge in [-0.05, 0) is 17.7 Å². The van der Waals surface area contributed by atoms with Crippen LogP contribution in [0.15, 0.2) is 22.7 Å². The molecule has 0 fully saturated rings. The van der Waals surface area contributed by atoms with Gasteiger partial charge < -0.3 is 5.32 Å². The molecule has 0 atom stereocenters. The van der Waals surface area contributed by atoms with Gasteiger partial charge in [-0.25, -0.2) is 8.42 Å². The van der Waals surface area contributed by atoms with E-state index in [1.807, 2.05) is 0 Å². The molecule has 0 aromatic heterocycles. The Morgan fingerprint density at radius 2 is 1.95 bits per heavy atom. The molecule has 0 bridgehead atoms. The minimum Gasteiger partial charge on any atom is -0.351 e. The van der Waals surface area contributed by atoms with Crippen molar-refractivity contribution in [3.05, 3.63) is 33.8 Å². The van der Waals surface area contributed by atoms with Crippen LogP contribution in [0.1, 0.15) is 11.1 Å². The second-order valence-corrected chi connectivity index (χ2v) is 7.20. The number of carbonyl (C=O) groups excluding carboxylic acids is 1. The van der Waals surface area contributed by atoms with Crippen molar-refractivity contribution in [2.45, 2.75) is 12.7 Å². The molecule has 20 heavy (non-hydrogen) atoms. The Kier molecular flexibility index (Phi) is 5.20. The first-order chi connectivity index (χ1) is 8.99. The Bertz CT molecular complexity index is 614. The monoisotopic (exact) mass is 373 g/mol. The fourth-order valence-electron chi connectivity index (χ4n) is 1.45. The molecular formula is C11H11BrF3NO3S. The third kappa shape index (κ3) is 5.49. The number of alkyl halides is 3. The van der Waals surface area contributed by atoms with E-state index < -0.39 is 39.8 Å². The molecule has 1 N–H and O–H groups in total. The van der Waals surface area contributed by atoms with Crippen molar-refractivity contribution in [2.75, 3.05) is 12.0 Å². The zero-order valence-electron chi connectivity index (χ0n) is 10.3. The Labute approximate surface area is 122 Å². The Morgan fingerprint density at radius 1 is 1.35 bits per heavy atom. The van der Waals surface area contributed by atoms with Crippen LogP contribution in [0.25, 0.3) is 0 Å². The van der Waals surface area contributed by atoms with Crippen molar-refractivity contribution in [1.29, 1.82) is 0 Å². The van der Waals surface area contributed by atoms with Gasteiger partial charge in [0.2, 0.25) is 5.91 Å². The quantitative estimate of drug-likeness (QED) is 0.879. The molecule has 0 aliphatic carbocycles. The molecule has 0 saturated carbocycles. The highest BCUT2D eigenvalue weighted by molar-refractivity contribution is 9.10. The highest BCUT2D eigenvalue weighted by atomic mass is 79.9. The maximum Gasteiger partial charge on any atom is 0.416 e. The largest absolute Gasteiger partial charge is 0.416 e. The average molecular weight is 374 g/mol. The molecule has 1 aromatic carbocycles. The molecule has 0 unspecified atom stereocenters. The molecule has 0 aliphatic heterocycles. The second kappa shape index (κ2) is 6.13. The van der Waals surface area contributed by atoms with Crippen molar-refractivity contribution in [2.24, 2.45) is 0 Å². The SMILES string of the molecule is CS(=O)(=O)CC(=O)NCc1ccc(Br)cc1C(F)(F)F. The lowest BCUT2D eigenvalue weighted by Crippen LogP contribution is -2.30. The zero-order valence-corrected chi connectivity index (χ0v) is 12.7. The maximum absolute atomic E-state index is 12.8. The van der Waals surface area contributed by atoms with Gasteiger partial charge in [0.15, 0.2) is 9.84 Å². The number of nitrogens with one attached hydrogen (secondary N) is 1. The second-order valence-electron chi connectivity index (χ2n) is 4.15. The smallest absolute Gasteiger partial charge is 0.351 e. The van der Waals surface area contributed by atoms with Gasteiger partial charge in [0.05, 0.1) is 5.56 Å². The van der Waals surface area contributed by atoms with Crippen LogP contribution in [-0.4, -0.2) is 26.3 Å². The van der Waals surface area contributed by atoms with Gasteiger partial charge in [-0.2, -0.15) is 13.2 Å². The van der Waals surface area contributed by atoms with Crippen LogP contribution < -0.4 is 5.32 Å². The van der Waals surface area contributed by atoms with E-state index in [1.165, 1.54) is 12.1 Å². The van der Waals surface area contributed by atoms with E-state index in [4.69, 9.17) is 0 Å². The summed E-state index contributed by atoms with van der Waals surface area (Å²) in [5.41, 5.74) is -1.02. The van der Waals surface area contributed by atoms with Crippen LogP contribution in [-0.2, 0) is 27.4 Å². The fraction of sp³-hybridized carbons (Fsp3) is 0.364. The number of benzene rings is 1. The normalized spacial score (nSPS) is 12.2. The predicted octanol–water partition coefficient (Wildman–Crippen LogP) is 2.13. The predicted molar refractivity (Wildman–Crippen MR) is 70.7 cm³/mol. The van der Waals surface area contributed by atoms with Gasteiger partial charge in [-0.1, -0.05) is 22.0 Å². The third-order valence-electron chi connectivity index (χ3n) is 2.25. The molecule has 0 heterocycles. The molecule has 1 aromatic rings. The van der Waals surface area contributed by atoms with Crippen molar-refractivity contribution >= 4 is 31.7 Å². The molecular weight excluding hydrogens is 363 g/mol. The van der Waals surface area contributed by atoms with Gasteiger partial charge >= 0.3 is 6.18 Å². The highest BCUT2D eigenvalue weighted by Crippen LogP contribution is 2.33. The van der Waals surface area contributed by atoms with E-state index in [0.717, 1.165) is 12.3 Å². The first kappa shape index (κ1) is 17.0. The molecule has 9 heteroatoms. The number of carbonyl (C=O) groups is 1. The molecule has 1 amide bonds. The molecule has 112 valence electrons. The van der Waals surface area contributed by atoms with Crippen molar-refractivity contribution in [1.82, 2.24) is 5.32 Å². The summed E-state index contributed by atoms with van der Waals surface area (Å²) in [6.07, 6.45) is -3.69. The number of hydrogen-bond donors (Lipinski definition) is 1. The van der Waals surface area contributed by atoms with Crippen molar-refractivity contribution in [3.63, 3.8) is 0 Å². The minimum atomic E-state index is -4.55. The molecule has 0 aliphatic rings. The number of sulfone groups is 1. The zero-order chi connectivity index (χ0) is 15.6. The van der Waals surface area contributed by atoms with Crippen LogP contribution in [0.3, 0.4) is 0 Å². The Hall–Kier alpha value is -1.09. The summed E-state index contributed by atoms with van der Waals surface area (Å²) in [7, 11) is -3.51. The molecule has 0 radical (unpaired) electrons. The fourth-order valence-corrected chi connectivity index (χ4v) is 2.39. The lowest BCUT2D eigenvalue weighted by molar-refractivity contribution is -0.138. The summed E-state index contributed by atoms with van der Waals surface area (Å²) < 4.78 is 60.4. The summed E-state index contributed by atoms with van der Waals surface area (Å²) in [6.45, 7) is -0.392. The van der Waals surface area contributed by atoms with E-state index in [-0.39, 0.29) is 10.0 Å². The first-order valence-corrected chi connectivity index (χ1v) is 8.14. The third-order valence-corrected chi connectivity index (χ3v) is 3.53. The molecule has 0 spiro atoms. The average Bonchev–Trinajstić information content (AvgIpc) is 2.23. The molecule has 0 saturated heterocycles.